The van der Waals surface area contributed by atoms with Crippen molar-refractivity contribution in [1.29, 1.82) is 0 Å². The van der Waals surface area contributed by atoms with Crippen molar-refractivity contribution in [3.8, 4) is 0 Å². The highest BCUT2D eigenvalue weighted by Crippen LogP contribution is 2.09. The Labute approximate surface area is 124 Å². The van der Waals surface area contributed by atoms with Gasteiger partial charge in [0, 0.05) is 5.56 Å². The van der Waals surface area contributed by atoms with E-state index in [1.54, 1.807) is 45.0 Å². The molecule has 21 heavy (non-hydrogen) atoms. The second-order valence-electron chi connectivity index (χ2n) is 5.79. The summed E-state index contributed by atoms with van der Waals surface area (Å²) in [5.74, 6) is -0.493. The molecule has 0 aromatic heterocycles. The fraction of sp³-hybridized carbons (Fsp3) is 0.467. The van der Waals surface area contributed by atoms with Crippen molar-refractivity contribution in [1.82, 2.24) is 5.32 Å². The molecule has 0 aliphatic rings. The van der Waals surface area contributed by atoms with Crippen LogP contribution in [0.2, 0.25) is 0 Å². The summed E-state index contributed by atoms with van der Waals surface area (Å²) in [6, 6.07) is 6.23. The molecule has 1 aromatic carbocycles. The van der Waals surface area contributed by atoms with E-state index in [0.29, 0.717) is 12.0 Å². The summed E-state index contributed by atoms with van der Waals surface area (Å²) in [7, 11) is 0. The smallest absolute Gasteiger partial charge is 0.407 e. The molecule has 4 N–H and O–H groups in total. The first-order valence-corrected chi connectivity index (χ1v) is 6.70. The first-order chi connectivity index (χ1) is 9.71. The van der Waals surface area contributed by atoms with Crippen LogP contribution in [0.25, 0.3) is 0 Å². The Kier molecular flexibility index (Phi) is 5.72. The first-order valence-electron chi connectivity index (χ1n) is 6.70. The summed E-state index contributed by atoms with van der Waals surface area (Å²) in [6.07, 6.45) is -0.148. The summed E-state index contributed by atoms with van der Waals surface area (Å²) in [5, 5.41) is 11.9. The van der Waals surface area contributed by atoms with E-state index in [-0.39, 0.29) is 6.61 Å². The normalized spacial score (nSPS) is 12.6. The predicted molar refractivity (Wildman–Crippen MR) is 78.9 cm³/mol. The van der Waals surface area contributed by atoms with Crippen LogP contribution in [-0.2, 0) is 11.2 Å². The summed E-state index contributed by atoms with van der Waals surface area (Å²) in [4.78, 5) is 22.6. The minimum Gasteiger partial charge on any atom is -0.444 e. The van der Waals surface area contributed by atoms with Crippen molar-refractivity contribution in [2.75, 3.05) is 6.61 Å². The van der Waals surface area contributed by atoms with Gasteiger partial charge < -0.3 is 20.9 Å². The van der Waals surface area contributed by atoms with Gasteiger partial charge in [-0.2, -0.15) is 0 Å². The molecule has 0 heterocycles. The SMILES string of the molecule is CC(C)(C)OC(=O)N[C@H](CO)Cc1ccc(C(N)=O)cc1. The summed E-state index contributed by atoms with van der Waals surface area (Å²) < 4.78 is 5.14. The van der Waals surface area contributed by atoms with Gasteiger partial charge in [-0.3, -0.25) is 4.79 Å². The molecule has 0 unspecified atom stereocenters. The number of amides is 2. The molecule has 0 fully saturated rings. The Bertz CT molecular complexity index is 491. The minimum atomic E-state index is -0.590. The van der Waals surface area contributed by atoms with E-state index < -0.39 is 23.6 Å². The van der Waals surface area contributed by atoms with Crippen molar-refractivity contribution >= 4 is 12.0 Å². The van der Waals surface area contributed by atoms with Crippen LogP contribution < -0.4 is 11.1 Å². The van der Waals surface area contributed by atoms with Crippen LogP contribution in [0.4, 0.5) is 4.79 Å². The molecule has 2 amide bonds. The van der Waals surface area contributed by atoms with Crippen LogP contribution in [0.3, 0.4) is 0 Å². The number of hydrogen-bond acceptors (Lipinski definition) is 4. The fourth-order valence-corrected chi connectivity index (χ4v) is 1.73. The van der Waals surface area contributed by atoms with Gasteiger partial charge in [0.05, 0.1) is 12.6 Å². The van der Waals surface area contributed by atoms with Gasteiger partial charge in [0.25, 0.3) is 0 Å². The number of ether oxygens (including phenoxy) is 1. The highest BCUT2D eigenvalue weighted by Gasteiger charge is 2.19. The van der Waals surface area contributed by atoms with E-state index in [9.17, 15) is 14.7 Å². The molecule has 6 heteroatoms. The maximum Gasteiger partial charge on any atom is 0.407 e. The molecular formula is C15H22N2O4. The van der Waals surface area contributed by atoms with E-state index in [1.807, 2.05) is 0 Å². The molecule has 0 saturated carbocycles. The van der Waals surface area contributed by atoms with Crippen LogP contribution in [0, 0.1) is 0 Å². The zero-order valence-electron chi connectivity index (χ0n) is 12.6. The highest BCUT2D eigenvalue weighted by molar-refractivity contribution is 5.92. The van der Waals surface area contributed by atoms with E-state index in [4.69, 9.17) is 10.5 Å². The predicted octanol–water partition coefficient (Wildman–Crippen LogP) is 1.21. The number of alkyl carbamates (subject to hydrolysis) is 1. The van der Waals surface area contributed by atoms with Gasteiger partial charge in [-0.1, -0.05) is 12.1 Å². The van der Waals surface area contributed by atoms with E-state index >= 15 is 0 Å². The third-order valence-electron chi connectivity index (χ3n) is 2.66. The number of carbonyl (C=O) groups is 2. The number of nitrogens with one attached hydrogen (secondary N) is 1. The molecule has 6 nitrogen and oxygen atoms in total. The Morgan fingerprint density at radius 3 is 2.29 bits per heavy atom. The molecule has 0 aliphatic carbocycles. The monoisotopic (exact) mass is 294 g/mol. The van der Waals surface area contributed by atoms with Gasteiger partial charge in [0.15, 0.2) is 0 Å². The van der Waals surface area contributed by atoms with Crippen molar-refractivity contribution in [3.63, 3.8) is 0 Å². The van der Waals surface area contributed by atoms with Crippen molar-refractivity contribution in [2.45, 2.75) is 38.8 Å². The number of rotatable bonds is 5. The van der Waals surface area contributed by atoms with Gasteiger partial charge in [-0.15, -0.1) is 0 Å². The first kappa shape index (κ1) is 17.0. The standard InChI is InChI=1S/C15H22N2O4/c1-15(2,3)21-14(20)17-12(9-18)8-10-4-6-11(7-5-10)13(16)19/h4-7,12,18H,8-9H2,1-3H3,(H2,16,19)(H,17,20)/t12-/m0/s1. The topological polar surface area (TPSA) is 102 Å². The number of aliphatic hydroxyl groups excluding tert-OH is 1. The largest absolute Gasteiger partial charge is 0.444 e. The van der Waals surface area contributed by atoms with Crippen LogP contribution in [0.15, 0.2) is 24.3 Å². The van der Waals surface area contributed by atoms with Crippen LogP contribution in [0.1, 0.15) is 36.7 Å². The zero-order valence-corrected chi connectivity index (χ0v) is 12.6. The number of hydrogen-bond donors (Lipinski definition) is 3. The molecule has 1 rings (SSSR count). The number of benzene rings is 1. The van der Waals surface area contributed by atoms with Crippen LogP contribution >= 0.6 is 0 Å². The number of nitrogens with two attached hydrogens (primary N) is 1. The van der Waals surface area contributed by atoms with Crippen LogP contribution in [-0.4, -0.2) is 35.4 Å². The molecule has 0 bridgehead atoms. The molecule has 0 radical (unpaired) electrons. The van der Waals surface area contributed by atoms with Gasteiger partial charge in [-0.05, 0) is 44.9 Å². The lowest BCUT2D eigenvalue weighted by atomic mass is 10.0. The Balaban J connectivity index is 2.61. The molecule has 1 aromatic rings. The summed E-state index contributed by atoms with van der Waals surface area (Å²) in [6.45, 7) is 5.09. The third kappa shape index (κ3) is 6.27. The quantitative estimate of drug-likeness (QED) is 0.759. The lowest BCUT2D eigenvalue weighted by molar-refractivity contribution is 0.0482. The number of primary amides is 1. The molecule has 0 saturated heterocycles. The second-order valence-corrected chi connectivity index (χ2v) is 5.79. The van der Waals surface area contributed by atoms with Crippen molar-refractivity contribution < 1.29 is 19.4 Å². The van der Waals surface area contributed by atoms with Gasteiger partial charge in [0.2, 0.25) is 5.91 Å². The minimum absolute atomic E-state index is 0.211. The molecule has 116 valence electrons. The van der Waals surface area contributed by atoms with E-state index in [0.717, 1.165) is 5.56 Å². The lowest BCUT2D eigenvalue weighted by Crippen LogP contribution is -2.42. The van der Waals surface area contributed by atoms with Gasteiger partial charge >= 0.3 is 6.09 Å². The van der Waals surface area contributed by atoms with Gasteiger partial charge in [-0.25, -0.2) is 4.79 Å². The number of carbonyl (C=O) groups excluding carboxylic acids is 2. The lowest BCUT2D eigenvalue weighted by Gasteiger charge is -2.22. The molecule has 0 aliphatic heterocycles. The molecular weight excluding hydrogens is 272 g/mol. The van der Waals surface area contributed by atoms with E-state index in [1.165, 1.54) is 0 Å². The van der Waals surface area contributed by atoms with Crippen LogP contribution in [0.5, 0.6) is 0 Å². The Morgan fingerprint density at radius 2 is 1.86 bits per heavy atom. The number of aliphatic hydroxyl groups is 1. The van der Waals surface area contributed by atoms with Crippen molar-refractivity contribution in [3.05, 3.63) is 35.4 Å². The average molecular weight is 294 g/mol. The fourth-order valence-electron chi connectivity index (χ4n) is 1.73. The molecule has 0 spiro atoms. The molecule has 1 atom stereocenters. The second kappa shape index (κ2) is 7.08. The highest BCUT2D eigenvalue weighted by atomic mass is 16.6. The van der Waals surface area contributed by atoms with E-state index in [2.05, 4.69) is 5.32 Å². The maximum absolute atomic E-state index is 11.7. The maximum atomic E-state index is 11.7. The average Bonchev–Trinajstić information content (AvgIpc) is 2.36. The zero-order chi connectivity index (χ0) is 16.0. The Morgan fingerprint density at radius 1 is 1.29 bits per heavy atom. The summed E-state index contributed by atoms with van der Waals surface area (Å²) >= 11 is 0. The van der Waals surface area contributed by atoms with Gasteiger partial charge in [0.1, 0.15) is 5.60 Å². The third-order valence-corrected chi connectivity index (χ3v) is 2.66. The Hall–Kier alpha value is -2.08. The van der Waals surface area contributed by atoms with Crippen molar-refractivity contribution in [2.24, 2.45) is 5.73 Å². The summed E-state index contributed by atoms with van der Waals surface area (Å²) in [5.41, 5.74) is 5.86.